The lowest BCUT2D eigenvalue weighted by Crippen LogP contribution is -2.33. The number of ether oxygens (including phenoxy) is 2. The van der Waals surface area contributed by atoms with Crippen molar-refractivity contribution in [1.82, 2.24) is 15.1 Å². The smallest absolute Gasteiger partial charge is 0.387 e. The fourth-order valence-electron chi connectivity index (χ4n) is 4.57. The molecular formula is C31H37F2N3O5. The number of carbonyl (C=O) groups excluding carboxylic acids is 3. The molecule has 1 atom stereocenters. The molecule has 10 heteroatoms. The Kier molecular flexibility index (Phi) is 11.4. The molecule has 8 nitrogen and oxygen atoms in total. The van der Waals surface area contributed by atoms with Gasteiger partial charge in [-0.25, -0.2) is 0 Å². The van der Waals surface area contributed by atoms with Crippen LogP contribution >= 0.6 is 0 Å². The van der Waals surface area contributed by atoms with E-state index in [1.165, 1.54) is 50.6 Å². The molecule has 2 fully saturated rings. The quantitative estimate of drug-likeness (QED) is 0.243. The van der Waals surface area contributed by atoms with E-state index in [0.717, 1.165) is 23.2 Å². The van der Waals surface area contributed by atoms with Crippen molar-refractivity contribution < 1.29 is 32.6 Å². The zero-order valence-electron chi connectivity index (χ0n) is 23.8. The van der Waals surface area contributed by atoms with Gasteiger partial charge in [0, 0.05) is 44.6 Å². The Hall–Kier alpha value is -4.21. The minimum atomic E-state index is -2.85. The summed E-state index contributed by atoms with van der Waals surface area (Å²) >= 11 is 0. The lowest BCUT2D eigenvalue weighted by molar-refractivity contribution is -0.127. The molecule has 1 saturated carbocycles. The van der Waals surface area contributed by atoms with Gasteiger partial charge >= 0.3 is 6.61 Å². The summed E-state index contributed by atoms with van der Waals surface area (Å²) in [4.78, 5) is 39.2. The van der Waals surface area contributed by atoms with Crippen molar-refractivity contribution in [2.24, 2.45) is 0 Å². The van der Waals surface area contributed by atoms with E-state index < -0.39 is 6.61 Å². The maximum atomic E-state index is 12.6. The molecule has 0 bridgehead atoms. The molecule has 1 saturated heterocycles. The van der Waals surface area contributed by atoms with Crippen LogP contribution in [0.1, 0.15) is 54.4 Å². The van der Waals surface area contributed by atoms with Gasteiger partial charge in [-0.3, -0.25) is 14.4 Å². The number of rotatable bonds is 10. The normalized spacial score (nSPS) is 17.4. The monoisotopic (exact) mass is 569 g/mol. The second-order valence-electron chi connectivity index (χ2n) is 9.91. The van der Waals surface area contributed by atoms with Crippen LogP contribution in [0.15, 0.2) is 72.1 Å². The van der Waals surface area contributed by atoms with E-state index >= 15 is 0 Å². The van der Waals surface area contributed by atoms with E-state index in [0.29, 0.717) is 30.3 Å². The summed E-state index contributed by atoms with van der Waals surface area (Å²) in [6, 6.07) is 13.9. The molecule has 0 spiro atoms. The molecule has 41 heavy (non-hydrogen) atoms. The predicted molar refractivity (Wildman–Crippen MR) is 152 cm³/mol. The summed E-state index contributed by atoms with van der Waals surface area (Å²) in [5.41, 5.74) is 2.78. The van der Waals surface area contributed by atoms with Crippen LogP contribution in [0.4, 0.5) is 8.78 Å². The average Bonchev–Trinajstić information content (AvgIpc) is 3.32. The Morgan fingerprint density at radius 2 is 1.73 bits per heavy atom. The number of benzene rings is 2. The van der Waals surface area contributed by atoms with Gasteiger partial charge in [-0.05, 0) is 86.0 Å². The molecule has 2 aromatic carbocycles. The van der Waals surface area contributed by atoms with Gasteiger partial charge in [0.2, 0.25) is 5.91 Å². The van der Waals surface area contributed by atoms with Crippen molar-refractivity contribution in [1.29, 1.82) is 0 Å². The first kappa shape index (κ1) is 31.3. The first-order valence-electron chi connectivity index (χ1n) is 13.4. The molecule has 220 valence electrons. The number of amides is 2. The van der Waals surface area contributed by atoms with Crippen LogP contribution in [0.3, 0.4) is 0 Å². The number of hydrogen-bond donors (Lipinski definition) is 1. The van der Waals surface area contributed by atoms with Crippen LogP contribution in [0.5, 0.6) is 11.5 Å². The third-order valence-corrected chi connectivity index (χ3v) is 7.30. The molecule has 1 heterocycles. The third kappa shape index (κ3) is 8.64. The molecule has 2 aromatic rings. The third-order valence-electron chi connectivity index (χ3n) is 7.30. The van der Waals surface area contributed by atoms with Gasteiger partial charge in [0.05, 0.1) is 12.8 Å². The van der Waals surface area contributed by atoms with E-state index in [-0.39, 0.29) is 23.5 Å². The summed E-state index contributed by atoms with van der Waals surface area (Å²) in [6.45, 7) is -0.424. The van der Waals surface area contributed by atoms with Crippen LogP contribution in [0.2, 0.25) is 0 Å². The first-order valence-corrected chi connectivity index (χ1v) is 13.4. The number of likely N-dealkylation sites (tertiary alicyclic amines) is 1. The topological polar surface area (TPSA) is 88.2 Å². The van der Waals surface area contributed by atoms with Crippen LogP contribution in [0.25, 0.3) is 0 Å². The number of aldehydes is 1. The molecule has 1 aliphatic carbocycles. The van der Waals surface area contributed by atoms with E-state index in [2.05, 4.69) is 22.0 Å². The molecular weight excluding hydrogens is 532 g/mol. The van der Waals surface area contributed by atoms with Crippen LogP contribution < -0.4 is 14.8 Å². The maximum Gasteiger partial charge on any atom is 0.387 e. The molecule has 1 N–H and O–H groups in total. The van der Waals surface area contributed by atoms with E-state index in [1.54, 1.807) is 12.0 Å². The second kappa shape index (κ2) is 15.0. The van der Waals surface area contributed by atoms with E-state index in [9.17, 15) is 23.2 Å². The number of nitrogens with one attached hydrogen (secondary N) is 1. The van der Waals surface area contributed by atoms with Crippen molar-refractivity contribution in [3.8, 4) is 11.5 Å². The summed E-state index contributed by atoms with van der Waals surface area (Å²) in [5, 5.41) is 2.41. The Balaban J connectivity index is 0.000000278. The van der Waals surface area contributed by atoms with Crippen molar-refractivity contribution >= 4 is 18.1 Å². The average molecular weight is 570 g/mol. The highest BCUT2D eigenvalue weighted by atomic mass is 19.3. The van der Waals surface area contributed by atoms with E-state index in [1.807, 2.05) is 43.5 Å². The molecule has 4 rings (SSSR count). The molecule has 0 aromatic heterocycles. The molecule has 0 radical (unpaired) electrons. The van der Waals surface area contributed by atoms with Crippen LogP contribution in [-0.2, 0) is 9.59 Å². The van der Waals surface area contributed by atoms with Crippen LogP contribution in [0, 0.1) is 0 Å². The highest BCUT2D eigenvalue weighted by molar-refractivity contribution is 5.94. The maximum absolute atomic E-state index is 12.6. The Labute approximate surface area is 239 Å². The minimum absolute atomic E-state index is 0.00184. The number of allylic oxidation sites excluding steroid dienone is 3. The number of nitrogens with zero attached hydrogens (tertiary/aromatic N) is 2. The number of halogens is 2. The number of carbonyl (C=O) groups is 3. The zero-order chi connectivity index (χ0) is 29.9. The standard InChI is InChI=1S/C22H28N2O3.C9H9F2NO2/c1-16(11-12-23(2)19-5-4-6-19)21(15-25)24-14-18(13-22(24)26)17-7-9-20(27-3)10-8-17;1-12-8(13)6-2-4-7(5-3-6)14-9(10)11/h7-12,15,18-19H,4-6,13-14H2,1-3H3;2-5,9H,1H3,(H,12,13)/b12-11-,21-16+;. The number of alkyl halides is 2. The predicted octanol–water partition coefficient (Wildman–Crippen LogP) is 5.13. The van der Waals surface area contributed by atoms with Gasteiger partial charge in [-0.2, -0.15) is 8.78 Å². The highest BCUT2D eigenvalue weighted by Gasteiger charge is 2.33. The number of hydrogen-bond acceptors (Lipinski definition) is 6. The Morgan fingerprint density at radius 1 is 1.10 bits per heavy atom. The molecule has 1 aliphatic heterocycles. The summed E-state index contributed by atoms with van der Waals surface area (Å²) < 4.78 is 32.8. The fraction of sp³-hybridized carbons (Fsp3) is 0.387. The summed E-state index contributed by atoms with van der Waals surface area (Å²) in [6.07, 6.45) is 8.91. The van der Waals surface area contributed by atoms with Crippen molar-refractivity contribution in [2.45, 2.75) is 51.2 Å². The van der Waals surface area contributed by atoms with Crippen molar-refractivity contribution in [3.63, 3.8) is 0 Å². The molecule has 2 amide bonds. The zero-order valence-corrected chi connectivity index (χ0v) is 23.8. The largest absolute Gasteiger partial charge is 0.497 e. The lowest BCUT2D eigenvalue weighted by Gasteiger charge is -2.34. The van der Waals surface area contributed by atoms with Crippen molar-refractivity contribution in [3.05, 3.63) is 83.2 Å². The van der Waals surface area contributed by atoms with Gasteiger partial charge in [-0.1, -0.05) is 12.1 Å². The lowest BCUT2D eigenvalue weighted by atomic mass is 9.92. The molecule has 2 aliphatic rings. The minimum Gasteiger partial charge on any atom is -0.497 e. The Morgan fingerprint density at radius 3 is 2.24 bits per heavy atom. The van der Waals surface area contributed by atoms with Gasteiger partial charge in [0.1, 0.15) is 11.5 Å². The number of methoxy groups -OCH3 is 1. The van der Waals surface area contributed by atoms with Gasteiger partial charge in [-0.15, -0.1) is 0 Å². The summed E-state index contributed by atoms with van der Waals surface area (Å²) in [5.74, 6) is 0.650. The van der Waals surface area contributed by atoms with Crippen molar-refractivity contribution in [2.75, 3.05) is 27.7 Å². The first-order chi connectivity index (χ1) is 19.7. The highest BCUT2D eigenvalue weighted by Crippen LogP contribution is 2.32. The SMILES string of the molecule is CNC(=O)c1ccc(OC(F)F)cc1.COc1ccc(C2CC(=O)N(/C(C=O)=C(C)/C=C\N(C)C3CCC3)C2)cc1. The fourth-order valence-corrected chi connectivity index (χ4v) is 4.57. The van der Waals surface area contributed by atoms with Gasteiger partial charge in [0.15, 0.2) is 6.29 Å². The van der Waals surface area contributed by atoms with Gasteiger partial charge in [0.25, 0.3) is 5.91 Å². The Bertz CT molecular complexity index is 1240. The molecule has 1 unspecified atom stereocenters. The van der Waals surface area contributed by atoms with Crippen LogP contribution in [-0.4, -0.2) is 68.3 Å². The van der Waals surface area contributed by atoms with E-state index in [4.69, 9.17) is 4.74 Å². The van der Waals surface area contributed by atoms with Gasteiger partial charge < -0.3 is 24.6 Å². The second-order valence-corrected chi connectivity index (χ2v) is 9.91. The summed E-state index contributed by atoms with van der Waals surface area (Å²) in [7, 11) is 5.19.